The predicted octanol–water partition coefficient (Wildman–Crippen LogP) is 8.83. The predicted molar refractivity (Wildman–Crippen MR) is 150 cm³/mol. The molecule has 3 aromatic carbocycles. The van der Waals surface area contributed by atoms with Gasteiger partial charge in [-0.2, -0.15) is 0 Å². The molecular weight excluding hydrogens is 472 g/mol. The van der Waals surface area contributed by atoms with Gasteiger partial charge in [0, 0.05) is 36.0 Å². The summed E-state index contributed by atoms with van der Waals surface area (Å²) in [5.41, 5.74) is 3.75. The Morgan fingerprint density at radius 1 is 0.711 bits per heavy atom. The second kappa shape index (κ2) is 9.72. The third-order valence-electron chi connectivity index (χ3n) is 6.42. The van der Waals surface area contributed by atoms with Crippen LogP contribution in [0, 0.1) is 6.57 Å². The van der Waals surface area contributed by atoms with Gasteiger partial charge < -0.3 is 9.47 Å². The number of nitrogens with zero attached hydrogens (tertiary/aromatic N) is 4. The molecule has 0 saturated carbocycles. The summed E-state index contributed by atoms with van der Waals surface area (Å²) >= 11 is 0. The Labute approximate surface area is 220 Å². The summed E-state index contributed by atoms with van der Waals surface area (Å²) in [5.74, 6) is 3.69. The van der Waals surface area contributed by atoms with E-state index in [9.17, 15) is 0 Å². The molecule has 0 aliphatic heterocycles. The molecule has 6 heteroatoms. The van der Waals surface area contributed by atoms with Crippen molar-refractivity contribution in [2.45, 2.75) is 19.8 Å². The van der Waals surface area contributed by atoms with E-state index in [2.05, 4.69) is 34.3 Å². The van der Waals surface area contributed by atoms with E-state index in [4.69, 9.17) is 21.0 Å². The summed E-state index contributed by atoms with van der Waals surface area (Å²) in [6, 6.07) is 29.0. The number of aromatic nitrogens is 3. The van der Waals surface area contributed by atoms with E-state index >= 15 is 0 Å². The van der Waals surface area contributed by atoms with Crippen LogP contribution in [0.5, 0.6) is 23.1 Å². The number of hydrogen-bond acceptors (Lipinski definition) is 4. The van der Waals surface area contributed by atoms with Gasteiger partial charge in [0.1, 0.15) is 23.1 Å². The fraction of sp³-hybridized carbons (Fsp3) is 0.0938. The van der Waals surface area contributed by atoms with E-state index in [1.807, 2.05) is 91.1 Å². The maximum atomic E-state index is 7.49. The first-order valence-corrected chi connectivity index (χ1v) is 12.4. The number of fused-ring (bicyclic) bond motifs is 3. The SMILES string of the molecule is [C-]#[N+]c1ccc2c(c1)c1ccc(Oc3cccc(Oc4ccccn4)c3)cc1n2-c1cc(C(C)C)ccn1. The first-order valence-electron chi connectivity index (χ1n) is 12.4. The van der Waals surface area contributed by atoms with Crippen LogP contribution in [0.15, 0.2) is 103 Å². The Balaban J connectivity index is 1.44. The molecule has 0 atom stereocenters. The second-order valence-electron chi connectivity index (χ2n) is 9.28. The Kier molecular flexibility index (Phi) is 5.95. The summed E-state index contributed by atoms with van der Waals surface area (Å²) in [5, 5.41) is 2.03. The maximum absolute atomic E-state index is 7.49. The van der Waals surface area contributed by atoms with Crippen LogP contribution < -0.4 is 9.47 Å². The smallest absolute Gasteiger partial charge is 0.219 e. The topological polar surface area (TPSA) is 53.5 Å². The molecule has 3 heterocycles. The van der Waals surface area contributed by atoms with Crippen LogP contribution >= 0.6 is 0 Å². The molecule has 0 saturated heterocycles. The van der Waals surface area contributed by atoms with Crippen LogP contribution in [0.25, 0.3) is 32.5 Å². The van der Waals surface area contributed by atoms with Crippen LogP contribution in [0.1, 0.15) is 25.3 Å². The Hall–Kier alpha value is -5.15. The number of pyridine rings is 2. The number of ether oxygens (including phenoxy) is 2. The molecule has 0 unspecified atom stereocenters. The molecule has 0 radical (unpaired) electrons. The molecule has 0 spiro atoms. The van der Waals surface area contributed by atoms with Crippen molar-refractivity contribution < 1.29 is 9.47 Å². The average Bonchev–Trinajstić information content (AvgIpc) is 3.26. The molecule has 3 aromatic heterocycles. The van der Waals surface area contributed by atoms with Gasteiger partial charge in [-0.1, -0.05) is 32.0 Å². The van der Waals surface area contributed by atoms with Gasteiger partial charge in [-0.25, -0.2) is 14.8 Å². The molecule has 184 valence electrons. The third-order valence-corrected chi connectivity index (χ3v) is 6.42. The molecule has 6 nitrogen and oxygen atoms in total. The van der Waals surface area contributed by atoms with E-state index in [0.717, 1.165) is 27.6 Å². The van der Waals surface area contributed by atoms with Crippen LogP contribution in [-0.4, -0.2) is 14.5 Å². The average molecular weight is 497 g/mol. The lowest BCUT2D eigenvalue weighted by Crippen LogP contribution is -1.99. The summed E-state index contributed by atoms with van der Waals surface area (Å²) in [4.78, 5) is 12.6. The van der Waals surface area contributed by atoms with Gasteiger partial charge in [0.25, 0.3) is 0 Å². The molecule has 0 amide bonds. The molecule has 0 fully saturated rings. The van der Waals surface area contributed by atoms with Crippen LogP contribution in [0.4, 0.5) is 5.69 Å². The standard InChI is InChI=1S/C32H24N4O2/c1-21(2)22-14-16-34-31(17-22)36-29-13-10-23(33-3)18-28(29)27-12-11-26(20-30(27)36)37-24-7-6-8-25(19-24)38-32-9-4-5-15-35-32/h4-21H,1-2H3. The zero-order chi connectivity index (χ0) is 26.1. The fourth-order valence-electron chi connectivity index (χ4n) is 4.55. The molecule has 6 rings (SSSR count). The highest BCUT2D eigenvalue weighted by molar-refractivity contribution is 6.10. The maximum Gasteiger partial charge on any atom is 0.219 e. The Morgan fingerprint density at radius 2 is 1.55 bits per heavy atom. The van der Waals surface area contributed by atoms with E-state index in [-0.39, 0.29) is 0 Å². The summed E-state index contributed by atoms with van der Waals surface area (Å²) in [6.45, 7) is 11.8. The van der Waals surface area contributed by atoms with Crippen molar-refractivity contribution in [2.75, 3.05) is 0 Å². The van der Waals surface area contributed by atoms with Gasteiger partial charge in [0.05, 0.1) is 17.6 Å². The highest BCUT2D eigenvalue weighted by Gasteiger charge is 2.16. The normalized spacial score (nSPS) is 11.1. The largest absolute Gasteiger partial charge is 0.457 e. The van der Waals surface area contributed by atoms with Crippen LogP contribution in [0.3, 0.4) is 0 Å². The van der Waals surface area contributed by atoms with E-state index in [1.54, 1.807) is 6.20 Å². The Morgan fingerprint density at radius 3 is 2.34 bits per heavy atom. The summed E-state index contributed by atoms with van der Waals surface area (Å²) in [7, 11) is 0. The van der Waals surface area contributed by atoms with Crippen molar-refractivity contribution in [3.05, 3.63) is 120 Å². The number of benzene rings is 3. The molecule has 0 aliphatic carbocycles. The van der Waals surface area contributed by atoms with Gasteiger partial charge in [-0.05, 0) is 71.5 Å². The highest BCUT2D eigenvalue weighted by Crippen LogP contribution is 2.37. The van der Waals surface area contributed by atoms with Crippen LogP contribution in [-0.2, 0) is 0 Å². The molecule has 0 aliphatic rings. The second-order valence-corrected chi connectivity index (χ2v) is 9.28. The summed E-state index contributed by atoms with van der Waals surface area (Å²) < 4.78 is 14.3. The molecule has 0 N–H and O–H groups in total. The van der Waals surface area contributed by atoms with Crippen LogP contribution in [0.2, 0.25) is 0 Å². The van der Waals surface area contributed by atoms with E-state index < -0.39 is 0 Å². The third kappa shape index (κ3) is 4.42. The quantitative estimate of drug-likeness (QED) is 0.216. The van der Waals surface area contributed by atoms with Gasteiger partial charge in [-0.15, -0.1) is 0 Å². The minimum atomic E-state index is 0.373. The lowest BCUT2D eigenvalue weighted by molar-refractivity contribution is 0.449. The van der Waals surface area contributed by atoms with Crippen molar-refractivity contribution >= 4 is 27.5 Å². The van der Waals surface area contributed by atoms with Gasteiger partial charge >= 0.3 is 0 Å². The van der Waals surface area contributed by atoms with Crippen molar-refractivity contribution in [3.63, 3.8) is 0 Å². The van der Waals surface area contributed by atoms with Gasteiger partial charge in [0.15, 0.2) is 5.69 Å². The zero-order valence-electron chi connectivity index (χ0n) is 21.0. The lowest BCUT2D eigenvalue weighted by Gasteiger charge is -2.12. The van der Waals surface area contributed by atoms with Gasteiger partial charge in [-0.3, -0.25) is 4.57 Å². The molecular formula is C32H24N4O2. The molecule has 6 aromatic rings. The van der Waals surface area contributed by atoms with Crippen molar-refractivity contribution in [2.24, 2.45) is 0 Å². The lowest BCUT2D eigenvalue weighted by atomic mass is 10.1. The zero-order valence-corrected chi connectivity index (χ0v) is 21.0. The molecule has 0 bridgehead atoms. The Bertz CT molecular complexity index is 1820. The first-order chi connectivity index (χ1) is 18.6. The molecule has 38 heavy (non-hydrogen) atoms. The number of hydrogen-bond donors (Lipinski definition) is 0. The first kappa shape index (κ1) is 23.3. The monoisotopic (exact) mass is 496 g/mol. The fourth-order valence-corrected chi connectivity index (χ4v) is 4.55. The number of rotatable bonds is 6. The minimum Gasteiger partial charge on any atom is -0.457 e. The minimum absolute atomic E-state index is 0.373. The summed E-state index contributed by atoms with van der Waals surface area (Å²) in [6.07, 6.45) is 3.54. The van der Waals surface area contributed by atoms with E-state index in [0.29, 0.717) is 34.7 Å². The highest BCUT2D eigenvalue weighted by atomic mass is 16.5. The van der Waals surface area contributed by atoms with Crippen molar-refractivity contribution in [3.8, 4) is 28.9 Å². The van der Waals surface area contributed by atoms with Gasteiger partial charge in [0.2, 0.25) is 5.88 Å². The van der Waals surface area contributed by atoms with E-state index in [1.165, 1.54) is 5.56 Å². The van der Waals surface area contributed by atoms with Crippen molar-refractivity contribution in [1.29, 1.82) is 0 Å². The van der Waals surface area contributed by atoms with Crippen molar-refractivity contribution in [1.82, 2.24) is 14.5 Å².